The third kappa shape index (κ3) is 2.93. The van der Waals surface area contributed by atoms with Crippen molar-refractivity contribution in [3.05, 3.63) is 59.4 Å². The first kappa shape index (κ1) is 14.4. The van der Waals surface area contributed by atoms with E-state index in [1.54, 1.807) is 0 Å². The Morgan fingerprint density at radius 1 is 0.950 bits per heavy atom. The second-order valence-corrected chi connectivity index (χ2v) is 5.54. The fourth-order valence-corrected chi connectivity index (χ4v) is 2.73. The van der Waals surface area contributed by atoms with Crippen LogP contribution in [0.5, 0.6) is 5.75 Å². The van der Waals surface area contributed by atoms with Crippen molar-refractivity contribution in [1.29, 1.82) is 0 Å². The second-order valence-electron chi connectivity index (χ2n) is 4.02. The number of hydrogen-bond acceptors (Lipinski definition) is 3. The Morgan fingerprint density at radius 2 is 1.65 bits per heavy atom. The van der Waals surface area contributed by atoms with Gasteiger partial charge >= 0.3 is 10.1 Å². The molecule has 0 unspecified atom stereocenters. The molecule has 106 valence electrons. The van der Waals surface area contributed by atoms with Gasteiger partial charge in [-0.15, -0.1) is 0 Å². The largest absolute Gasteiger partial charge is 0.379 e. The van der Waals surface area contributed by atoms with Crippen molar-refractivity contribution in [3.8, 4) is 5.75 Å². The van der Waals surface area contributed by atoms with E-state index in [2.05, 4.69) is 4.18 Å². The minimum atomic E-state index is -4.25. The minimum Gasteiger partial charge on any atom is -0.379 e. The second kappa shape index (κ2) is 5.16. The van der Waals surface area contributed by atoms with Gasteiger partial charge in [-0.2, -0.15) is 8.42 Å². The zero-order valence-electron chi connectivity index (χ0n) is 10.2. The monoisotopic (exact) mass is 302 g/mol. The molecule has 0 saturated carbocycles. The van der Waals surface area contributed by atoms with Crippen LogP contribution in [0, 0.1) is 24.4 Å². The lowest BCUT2D eigenvalue weighted by atomic mass is 10.2. The standard InChI is InChI=1S/C13H9F3O3S/c1-8-6-9(14)2-5-13(8)20(17,18)19-10-3-4-11(15)12(16)7-10/h2-7H,1H3. The van der Waals surface area contributed by atoms with Gasteiger partial charge in [-0.05, 0) is 42.8 Å². The maximum Gasteiger partial charge on any atom is 0.339 e. The van der Waals surface area contributed by atoms with E-state index in [0.29, 0.717) is 6.07 Å². The highest BCUT2D eigenvalue weighted by Crippen LogP contribution is 2.23. The summed E-state index contributed by atoms with van der Waals surface area (Å²) in [6, 6.07) is 5.38. The average molecular weight is 302 g/mol. The molecule has 0 fully saturated rings. The Kier molecular flexibility index (Phi) is 3.71. The fourth-order valence-electron chi connectivity index (χ4n) is 1.59. The summed E-state index contributed by atoms with van der Waals surface area (Å²) in [6.45, 7) is 1.39. The molecule has 0 radical (unpaired) electrons. The first-order chi connectivity index (χ1) is 9.29. The number of halogens is 3. The number of aryl methyl sites for hydroxylation is 1. The molecule has 0 aliphatic carbocycles. The lowest BCUT2D eigenvalue weighted by molar-refractivity contribution is 0.471. The molecule has 3 nitrogen and oxygen atoms in total. The molecule has 0 saturated heterocycles. The molecule has 7 heteroatoms. The Labute approximate surface area is 113 Å². The number of rotatable bonds is 3. The maximum absolute atomic E-state index is 13.0. The highest BCUT2D eigenvalue weighted by molar-refractivity contribution is 7.87. The van der Waals surface area contributed by atoms with E-state index in [1.807, 2.05) is 0 Å². The van der Waals surface area contributed by atoms with E-state index in [1.165, 1.54) is 6.92 Å². The number of hydrogen-bond donors (Lipinski definition) is 0. The maximum atomic E-state index is 13.0. The minimum absolute atomic E-state index is 0.146. The Morgan fingerprint density at radius 3 is 2.25 bits per heavy atom. The van der Waals surface area contributed by atoms with E-state index in [9.17, 15) is 21.6 Å². The van der Waals surface area contributed by atoms with E-state index < -0.39 is 27.6 Å². The third-order valence-electron chi connectivity index (χ3n) is 2.50. The van der Waals surface area contributed by atoms with Gasteiger partial charge in [0, 0.05) is 6.07 Å². The zero-order valence-corrected chi connectivity index (χ0v) is 11.0. The van der Waals surface area contributed by atoms with Crippen molar-refractivity contribution in [2.45, 2.75) is 11.8 Å². The number of benzene rings is 2. The molecule has 0 aliphatic heterocycles. The van der Waals surface area contributed by atoms with E-state index >= 15 is 0 Å². The predicted molar refractivity (Wildman–Crippen MR) is 65.3 cm³/mol. The van der Waals surface area contributed by atoms with Gasteiger partial charge in [0.25, 0.3) is 0 Å². The van der Waals surface area contributed by atoms with Gasteiger partial charge in [0.2, 0.25) is 0 Å². The van der Waals surface area contributed by atoms with Crippen molar-refractivity contribution in [1.82, 2.24) is 0 Å². The summed E-state index contributed by atoms with van der Waals surface area (Å²) >= 11 is 0. The lowest BCUT2D eigenvalue weighted by Crippen LogP contribution is -2.11. The summed E-state index contributed by atoms with van der Waals surface area (Å²) in [5.41, 5.74) is 0.146. The van der Waals surface area contributed by atoms with Crippen molar-refractivity contribution in [3.63, 3.8) is 0 Å². The zero-order chi connectivity index (χ0) is 14.9. The van der Waals surface area contributed by atoms with Gasteiger partial charge in [-0.3, -0.25) is 0 Å². The smallest absolute Gasteiger partial charge is 0.339 e. The van der Waals surface area contributed by atoms with Crippen molar-refractivity contribution in [2.75, 3.05) is 0 Å². The quantitative estimate of drug-likeness (QED) is 0.818. The van der Waals surface area contributed by atoms with Crippen LogP contribution in [0.25, 0.3) is 0 Å². The molecule has 0 aromatic heterocycles. The average Bonchev–Trinajstić information content (AvgIpc) is 2.33. The van der Waals surface area contributed by atoms with Gasteiger partial charge in [-0.1, -0.05) is 0 Å². The fraction of sp³-hybridized carbons (Fsp3) is 0.0769. The lowest BCUT2D eigenvalue weighted by Gasteiger charge is -2.09. The highest BCUT2D eigenvalue weighted by atomic mass is 32.2. The topological polar surface area (TPSA) is 43.4 Å². The molecular formula is C13H9F3O3S. The van der Waals surface area contributed by atoms with Crippen LogP contribution in [-0.4, -0.2) is 8.42 Å². The van der Waals surface area contributed by atoms with Crippen LogP contribution < -0.4 is 4.18 Å². The first-order valence-electron chi connectivity index (χ1n) is 5.45. The first-order valence-corrected chi connectivity index (χ1v) is 6.86. The van der Waals surface area contributed by atoms with Crippen LogP contribution in [0.4, 0.5) is 13.2 Å². The van der Waals surface area contributed by atoms with Gasteiger partial charge < -0.3 is 4.18 Å². The van der Waals surface area contributed by atoms with Crippen LogP contribution in [0.2, 0.25) is 0 Å². The van der Waals surface area contributed by atoms with Gasteiger partial charge in [0.15, 0.2) is 11.6 Å². The van der Waals surface area contributed by atoms with Crippen molar-refractivity contribution in [2.24, 2.45) is 0 Å². The molecule has 2 rings (SSSR count). The molecule has 2 aromatic rings. The van der Waals surface area contributed by atoms with Crippen LogP contribution >= 0.6 is 0 Å². The SMILES string of the molecule is Cc1cc(F)ccc1S(=O)(=O)Oc1ccc(F)c(F)c1. The van der Waals surface area contributed by atoms with Crippen molar-refractivity contribution >= 4 is 10.1 Å². The summed E-state index contributed by atoms with van der Waals surface area (Å²) in [5, 5.41) is 0. The molecule has 0 N–H and O–H groups in total. The van der Waals surface area contributed by atoms with Crippen LogP contribution in [0.15, 0.2) is 41.3 Å². The van der Waals surface area contributed by atoms with Crippen LogP contribution in [-0.2, 0) is 10.1 Å². The third-order valence-corrected chi connectivity index (χ3v) is 3.91. The summed E-state index contributed by atoms with van der Waals surface area (Å²) in [4.78, 5) is -0.247. The molecule has 0 spiro atoms. The predicted octanol–water partition coefficient (Wildman–Crippen LogP) is 3.18. The van der Waals surface area contributed by atoms with Gasteiger partial charge in [0.05, 0.1) is 0 Å². The van der Waals surface area contributed by atoms with E-state index in [0.717, 1.165) is 30.3 Å². The summed E-state index contributed by atoms with van der Waals surface area (Å²) in [5.74, 6) is -3.30. The highest BCUT2D eigenvalue weighted by Gasteiger charge is 2.20. The van der Waals surface area contributed by atoms with E-state index in [-0.39, 0.29) is 16.2 Å². The van der Waals surface area contributed by atoms with E-state index in [4.69, 9.17) is 0 Å². The van der Waals surface area contributed by atoms with Gasteiger partial charge in [0.1, 0.15) is 16.5 Å². The molecular weight excluding hydrogens is 293 g/mol. The van der Waals surface area contributed by atoms with Crippen LogP contribution in [0.3, 0.4) is 0 Å². The molecule has 20 heavy (non-hydrogen) atoms. The normalized spacial score (nSPS) is 11.4. The Hall–Kier alpha value is -2.02. The Balaban J connectivity index is 2.38. The summed E-state index contributed by atoms with van der Waals surface area (Å²) in [7, 11) is -4.25. The molecule has 0 bridgehead atoms. The molecule has 0 atom stereocenters. The molecule has 0 heterocycles. The summed E-state index contributed by atoms with van der Waals surface area (Å²) in [6.07, 6.45) is 0. The van der Waals surface area contributed by atoms with Crippen LogP contribution in [0.1, 0.15) is 5.56 Å². The Bertz CT molecular complexity index is 757. The molecule has 0 aliphatic rings. The summed E-state index contributed by atoms with van der Waals surface area (Å²) < 4.78 is 67.3. The van der Waals surface area contributed by atoms with Gasteiger partial charge in [-0.25, -0.2) is 13.2 Å². The van der Waals surface area contributed by atoms with Crippen molar-refractivity contribution < 1.29 is 25.8 Å². The molecule has 0 amide bonds. The molecule has 2 aromatic carbocycles.